The number of hydrogen-bond acceptors (Lipinski definition) is 5. The minimum atomic E-state index is -0.0466. The van der Waals surface area contributed by atoms with Gasteiger partial charge in [0.1, 0.15) is 5.82 Å². The molecule has 1 unspecified atom stereocenters. The second-order valence-electron chi connectivity index (χ2n) is 8.87. The van der Waals surface area contributed by atoms with Gasteiger partial charge in [-0.25, -0.2) is 4.98 Å². The van der Waals surface area contributed by atoms with Gasteiger partial charge in [0.05, 0.1) is 36.2 Å². The normalized spacial score (nSPS) is 21.6. The zero-order chi connectivity index (χ0) is 22.0. The maximum Gasteiger partial charge on any atom is 0.230 e. The summed E-state index contributed by atoms with van der Waals surface area (Å²) in [4.78, 5) is 20.2. The van der Waals surface area contributed by atoms with Crippen LogP contribution in [-0.4, -0.2) is 30.2 Å². The molecule has 166 valence electrons. The van der Waals surface area contributed by atoms with Crippen LogP contribution in [0.1, 0.15) is 63.7 Å². The molecule has 6 heteroatoms. The fourth-order valence-electron chi connectivity index (χ4n) is 4.58. The number of nitrogens with zero attached hydrogens (tertiary/aromatic N) is 2. The van der Waals surface area contributed by atoms with Crippen LogP contribution in [0.2, 0.25) is 0 Å². The summed E-state index contributed by atoms with van der Waals surface area (Å²) >= 11 is 0. The molecule has 2 aliphatic rings. The molecule has 0 spiro atoms. The molecule has 1 aromatic heterocycles. The lowest BCUT2D eigenvalue weighted by atomic mass is 9.86. The minimum Gasteiger partial charge on any atom is -0.377 e. The molecule has 1 saturated carbocycles. The summed E-state index contributed by atoms with van der Waals surface area (Å²) in [6.07, 6.45) is 5.83. The molecular weight excluding hydrogens is 390 g/mol. The van der Waals surface area contributed by atoms with E-state index in [1.807, 2.05) is 36.1 Å². The van der Waals surface area contributed by atoms with E-state index >= 15 is 0 Å². The van der Waals surface area contributed by atoms with Crippen LogP contribution in [0.15, 0.2) is 36.5 Å². The molecule has 1 aliphatic carbocycles. The first-order valence-corrected chi connectivity index (χ1v) is 11.3. The van der Waals surface area contributed by atoms with Crippen LogP contribution in [-0.2, 0) is 20.8 Å². The van der Waals surface area contributed by atoms with Crippen LogP contribution in [0.5, 0.6) is 0 Å². The highest BCUT2D eigenvalue weighted by Crippen LogP contribution is 2.39. The van der Waals surface area contributed by atoms with Crippen molar-refractivity contribution in [2.24, 2.45) is 5.92 Å². The standard InChI is InChI=1S/C25H33N3O3/c1-16(2)31-21-10-7-18(8-11-21)25(29)28-15-20-6-5-13-26-24(20)27-22-12-9-19(14-23(22)28)17(3)30-4/h5-6,9,12-14,16-18,21H,7-8,10-11,15H2,1-4H3,(H,26,27)/t17?,18-,21-. The van der Waals surface area contributed by atoms with Crippen LogP contribution in [0.4, 0.5) is 17.2 Å². The Morgan fingerprint density at radius 3 is 2.65 bits per heavy atom. The van der Waals surface area contributed by atoms with Gasteiger partial charge < -0.3 is 19.7 Å². The molecule has 4 rings (SSSR count). The van der Waals surface area contributed by atoms with Gasteiger partial charge in [0.2, 0.25) is 5.91 Å². The van der Waals surface area contributed by atoms with Gasteiger partial charge in [-0.3, -0.25) is 4.79 Å². The van der Waals surface area contributed by atoms with Gasteiger partial charge in [0.25, 0.3) is 0 Å². The molecule has 2 aromatic rings. The first kappa shape index (κ1) is 21.8. The number of carbonyl (C=O) groups is 1. The van der Waals surface area contributed by atoms with Gasteiger partial charge in [0.15, 0.2) is 0 Å². The molecule has 0 radical (unpaired) electrons. The van der Waals surface area contributed by atoms with Gasteiger partial charge in [-0.2, -0.15) is 0 Å². The van der Waals surface area contributed by atoms with E-state index in [-0.39, 0.29) is 30.1 Å². The molecule has 0 bridgehead atoms. The van der Waals surface area contributed by atoms with E-state index in [2.05, 4.69) is 30.2 Å². The number of nitrogens with one attached hydrogen (secondary N) is 1. The average Bonchev–Trinajstić information content (AvgIpc) is 2.94. The van der Waals surface area contributed by atoms with Crippen molar-refractivity contribution in [2.45, 2.75) is 71.3 Å². The van der Waals surface area contributed by atoms with Crippen molar-refractivity contribution in [2.75, 3.05) is 17.3 Å². The lowest BCUT2D eigenvalue weighted by Gasteiger charge is -2.33. The van der Waals surface area contributed by atoms with Crippen LogP contribution in [0.25, 0.3) is 0 Å². The molecule has 1 aromatic carbocycles. The monoisotopic (exact) mass is 423 g/mol. The maximum atomic E-state index is 13.8. The highest BCUT2D eigenvalue weighted by atomic mass is 16.5. The van der Waals surface area contributed by atoms with E-state index in [1.165, 1.54) is 0 Å². The third kappa shape index (κ3) is 4.75. The number of ether oxygens (including phenoxy) is 2. The van der Waals surface area contributed by atoms with Gasteiger partial charge >= 0.3 is 0 Å². The maximum absolute atomic E-state index is 13.8. The Morgan fingerprint density at radius 2 is 1.94 bits per heavy atom. The third-order valence-electron chi connectivity index (χ3n) is 6.36. The van der Waals surface area contributed by atoms with Crippen molar-refractivity contribution in [3.8, 4) is 0 Å². The lowest BCUT2D eigenvalue weighted by molar-refractivity contribution is -0.124. The second-order valence-corrected chi connectivity index (χ2v) is 8.87. The number of carbonyl (C=O) groups excluding carboxylic acids is 1. The molecule has 1 fully saturated rings. The number of rotatable bonds is 5. The number of amides is 1. The molecule has 6 nitrogen and oxygen atoms in total. The van der Waals surface area contributed by atoms with E-state index in [4.69, 9.17) is 9.47 Å². The molecule has 2 heterocycles. The van der Waals surface area contributed by atoms with Gasteiger partial charge in [-0.1, -0.05) is 12.1 Å². The largest absolute Gasteiger partial charge is 0.377 e. The van der Waals surface area contributed by atoms with Crippen molar-refractivity contribution in [3.05, 3.63) is 47.7 Å². The second kappa shape index (κ2) is 9.37. The Hall–Kier alpha value is -2.44. The summed E-state index contributed by atoms with van der Waals surface area (Å²) < 4.78 is 11.5. The number of hydrogen-bond donors (Lipinski definition) is 1. The quantitative estimate of drug-likeness (QED) is 0.701. The van der Waals surface area contributed by atoms with Gasteiger partial charge in [-0.15, -0.1) is 0 Å². The molecule has 1 amide bonds. The summed E-state index contributed by atoms with van der Waals surface area (Å²) in [5, 5.41) is 3.44. The van der Waals surface area contributed by atoms with Crippen molar-refractivity contribution in [1.29, 1.82) is 0 Å². The summed E-state index contributed by atoms with van der Waals surface area (Å²) in [6.45, 7) is 6.67. The fourth-order valence-corrected chi connectivity index (χ4v) is 4.58. The Kier molecular flexibility index (Phi) is 6.58. The smallest absolute Gasteiger partial charge is 0.230 e. The highest BCUT2D eigenvalue weighted by Gasteiger charge is 2.33. The average molecular weight is 424 g/mol. The Balaban J connectivity index is 1.63. The zero-order valence-electron chi connectivity index (χ0n) is 18.9. The van der Waals surface area contributed by atoms with Crippen molar-refractivity contribution in [3.63, 3.8) is 0 Å². The summed E-state index contributed by atoms with van der Waals surface area (Å²) in [5.41, 5.74) is 3.86. The molecule has 1 aliphatic heterocycles. The minimum absolute atomic E-state index is 0.0154. The molecule has 0 saturated heterocycles. The van der Waals surface area contributed by atoms with Crippen LogP contribution in [0.3, 0.4) is 0 Å². The third-order valence-corrected chi connectivity index (χ3v) is 6.36. The number of fused-ring (bicyclic) bond motifs is 2. The Bertz CT molecular complexity index is 922. The van der Waals surface area contributed by atoms with Crippen molar-refractivity contribution in [1.82, 2.24) is 4.98 Å². The number of pyridine rings is 1. The fraction of sp³-hybridized carbons (Fsp3) is 0.520. The first-order chi connectivity index (χ1) is 15.0. The van der Waals surface area contributed by atoms with Crippen molar-refractivity contribution < 1.29 is 14.3 Å². The summed E-state index contributed by atoms with van der Waals surface area (Å²) in [7, 11) is 1.70. The van der Waals surface area contributed by atoms with Gasteiger partial charge in [0, 0.05) is 24.8 Å². The summed E-state index contributed by atoms with van der Waals surface area (Å²) in [6, 6.07) is 10.1. The number of anilines is 3. The molecular formula is C25H33N3O3. The van der Waals surface area contributed by atoms with E-state index in [0.29, 0.717) is 6.54 Å². The molecule has 1 N–H and O–H groups in total. The molecule has 1 atom stereocenters. The Morgan fingerprint density at radius 1 is 1.16 bits per heavy atom. The number of methoxy groups -OCH3 is 1. The first-order valence-electron chi connectivity index (χ1n) is 11.3. The SMILES string of the molecule is COC(C)c1ccc2c(c1)N(C(=O)[C@H]1CC[C@H](OC(C)C)CC1)Cc1cccnc1N2. The van der Waals surface area contributed by atoms with E-state index in [1.54, 1.807) is 13.3 Å². The van der Waals surface area contributed by atoms with Crippen molar-refractivity contribution >= 4 is 23.1 Å². The molecule has 31 heavy (non-hydrogen) atoms. The van der Waals surface area contributed by atoms with Crippen LogP contribution in [0, 0.1) is 5.92 Å². The highest BCUT2D eigenvalue weighted by molar-refractivity contribution is 5.99. The van der Waals surface area contributed by atoms with Gasteiger partial charge in [-0.05, 0) is 70.2 Å². The van der Waals surface area contributed by atoms with Crippen LogP contribution < -0.4 is 10.2 Å². The lowest BCUT2D eigenvalue weighted by Crippen LogP contribution is -2.38. The zero-order valence-corrected chi connectivity index (χ0v) is 18.9. The van der Waals surface area contributed by atoms with E-state index in [0.717, 1.165) is 54.0 Å². The van der Waals surface area contributed by atoms with E-state index < -0.39 is 0 Å². The number of benzene rings is 1. The van der Waals surface area contributed by atoms with Crippen LogP contribution >= 0.6 is 0 Å². The van der Waals surface area contributed by atoms with E-state index in [9.17, 15) is 4.79 Å². The predicted octanol–water partition coefficient (Wildman–Crippen LogP) is 5.36. The summed E-state index contributed by atoms with van der Waals surface area (Å²) in [5.74, 6) is 1.01. The topological polar surface area (TPSA) is 63.7 Å². The Labute approximate surface area is 185 Å². The number of aromatic nitrogens is 1. The predicted molar refractivity (Wildman–Crippen MR) is 123 cm³/mol.